The quantitative estimate of drug-likeness (QED) is 0.836. The summed E-state index contributed by atoms with van der Waals surface area (Å²) < 4.78 is 5.32. The van der Waals surface area contributed by atoms with E-state index in [2.05, 4.69) is 65.6 Å². The molecule has 3 nitrogen and oxygen atoms in total. The lowest BCUT2D eigenvalue weighted by Gasteiger charge is -2.42. The first-order chi connectivity index (χ1) is 11.8. The van der Waals surface area contributed by atoms with Gasteiger partial charge in [0.25, 0.3) is 0 Å². The van der Waals surface area contributed by atoms with Crippen molar-refractivity contribution in [1.29, 1.82) is 5.26 Å². The van der Waals surface area contributed by atoms with Crippen molar-refractivity contribution in [2.24, 2.45) is 0 Å². The highest BCUT2D eigenvalue weighted by atomic mass is 16.5. The van der Waals surface area contributed by atoms with Crippen LogP contribution in [0.2, 0.25) is 0 Å². The van der Waals surface area contributed by atoms with E-state index in [9.17, 15) is 0 Å². The summed E-state index contributed by atoms with van der Waals surface area (Å²) in [6.45, 7) is 2.94. The number of methoxy groups -OCH3 is 1. The van der Waals surface area contributed by atoms with E-state index in [1.165, 1.54) is 11.1 Å². The molecule has 3 heteroatoms. The second kappa shape index (κ2) is 7.51. The standard InChI is InChI=1S/C21H24N2O/c1-24-20-10-8-19(9-11-20)21(18-6-3-2-4-7-18)12-16-23(17-13-21)15-5-14-22/h2-4,6-11H,5,12-13,15-17H2,1H3. The monoisotopic (exact) mass is 320 g/mol. The minimum Gasteiger partial charge on any atom is -0.497 e. The summed E-state index contributed by atoms with van der Waals surface area (Å²) in [6, 6.07) is 21.6. The molecule has 124 valence electrons. The molecule has 0 radical (unpaired) electrons. The van der Waals surface area contributed by atoms with Crippen LogP contribution in [0.15, 0.2) is 54.6 Å². The molecule has 0 amide bonds. The minimum atomic E-state index is 0.0523. The van der Waals surface area contributed by atoms with Crippen molar-refractivity contribution < 1.29 is 4.74 Å². The second-order valence-electron chi connectivity index (χ2n) is 6.43. The SMILES string of the molecule is COc1ccc(C2(c3ccccc3)CCN(CCC#N)CC2)cc1. The highest BCUT2D eigenvalue weighted by Crippen LogP contribution is 2.42. The fraction of sp³-hybridized carbons (Fsp3) is 0.381. The molecule has 0 aliphatic carbocycles. The Balaban J connectivity index is 1.90. The Morgan fingerprint density at radius 3 is 2.21 bits per heavy atom. The molecule has 0 unspecified atom stereocenters. The maximum atomic E-state index is 8.82. The van der Waals surface area contributed by atoms with Crippen LogP contribution in [-0.2, 0) is 5.41 Å². The Hall–Kier alpha value is -2.31. The molecular formula is C21H24N2O. The molecule has 1 aliphatic rings. The van der Waals surface area contributed by atoms with Crippen LogP contribution in [-0.4, -0.2) is 31.6 Å². The third kappa shape index (κ3) is 3.29. The van der Waals surface area contributed by atoms with Gasteiger partial charge < -0.3 is 9.64 Å². The van der Waals surface area contributed by atoms with E-state index in [4.69, 9.17) is 10.00 Å². The fourth-order valence-corrected chi connectivity index (χ4v) is 3.78. The third-order valence-corrected chi connectivity index (χ3v) is 5.22. The lowest BCUT2D eigenvalue weighted by molar-refractivity contribution is 0.182. The number of hydrogen-bond acceptors (Lipinski definition) is 3. The van der Waals surface area contributed by atoms with Crippen LogP contribution in [0.1, 0.15) is 30.4 Å². The normalized spacial score (nSPS) is 17.2. The summed E-state index contributed by atoms with van der Waals surface area (Å²) in [5.74, 6) is 0.897. The van der Waals surface area contributed by atoms with Gasteiger partial charge in [0.1, 0.15) is 5.75 Å². The van der Waals surface area contributed by atoms with E-state index in [1.807, 2.05) is 0 Å². The van der Waals surface area contributed by atoms with Gasteiger partial charge in [0.05, 0.1) is 13.2 Å². The van der Waals surface area contributed by atoms with Crippen molar-refractivity contribution in [3.63, 3.8) is 0 Å². The minimum absolute atomic E-state index is 0.0523. The molecule has 0 bridgehead atoms. The second-order valence-corrected chi connectivity index (χ2v) is 6.43. The summed E-state index contributed by atoms with van der Waals surface area (Å²) in [5.41, 5.74) is 2.79. The van der Waals surface area contributed by atoms with Crippen LogP contribution in [0.25, 0.3) is 0 Å². The number of likely N-dealkylation sites (tertiary alicyclic amines) is 1. The Kier molecular flexibility index (Phi) is 5.17. The average molecular weight is 320 g/mol. The molecule has 24 heavy (non-hydrogen) atoms. The predicted molar refractivity (Wildman–Crippen MR) is 96.1 cm³/mol. The van der Waals surface area contributed by atoms with Gasteiger partial charge in [0.15, 0.2) is 0 Å². The van der Waals surface area contributed by atoms with Crippen molar-refractivity contribution in [2.75, 3.05) is 26.7 Å². The van der Waals surface area contributed by atoms with Crippen molar-refractivity contribution in [3.8, 4) is 11.8 Å². The topological polar surface area (TPSA) is 36.3 Å². The van der Waals surface area contributed by atoms with Gasteiger partial charge in [0, 0.05) is 18.4 Å². The molecule has 1 saturated heterocycles. The molecule has 0 N–H and O–H groups in total. The predicted octanol–water partition coefficient (Wildman–Crippen LogP) is 3.99. The largest absolute Gasteiger partial charge is 0.497 e. The first-order valence-electron chi connectivity index (χ1n) is 8.58. The molecule has 0 aromatic heterocycles. The number of nitriles is 1. The van der Waals surface area contributed by atoms with Gasteiger partial charge in [-0.05, 0) is 49.2 Å². The van der Waals surface area contributed by atoms with E-state index < -0.39 is 0 Å². The van der Waals surface area contributed by atoms with Crippen LogP contribution >= 0.6 is 0 Å². The van der Waals surface area contributed by atoms with E-state index in [1.54, 1.807) is 7.11 Å². The molecule has 0 spiro atoms. The van der Waals surface area contributed by atoms with Gasteiger partial charge >= 0.3 is 0 Å². The zero-order chi connectivity index (χ0) is 16.8. The zero-order valence-electron chi connectivity index (χ0n) is 14.2. The van der Waals surface area contributed by atoms with Crippen LogP contribution in [0.3, 0.4) is 0 Å². The number of nitrogens with zero attached hydrogens (tertiary/aromatic N) is 2. The van der Waals surface area contributed by atoms with Crippen molar-refractivity contribution in [3.05, 3.63) is 65.7 Å². The maximum Gasteiger partial charge on any atom is 0.118 e. The van der Waals surface area contributed by atoms with E-state index in [-0.39, 0.29) is 5.41 Å². The zero-order valence-corrected chi connectivity index (χ0v) is 14.2. The number of piperidine rings is 1. The Morgan fingerprint density at radius 2 is 1.62 bits per heavy atom. The van der Waals surface area contributed by atoms with E-state index in [0.29, 0.717) is 6.42 Å². The van der Waals surface area contributed by atoms with Crippen molar-refractivity contribution >= 4 is 0 Å². The third-order valence-electron chi connectivity index (χ3n) is 5.22. The molecule has 0 saturated carbocycles. The molecule has 3 rings (SSSR count). The Labute approximate surface area is 144 Å². The van der Waals surface area contributed by atoms with Crippen LogP contribution in [0, 0.1) is 11.3 Å². The Morgan fingerprint density at radius 1 is 1.00 bits per heavy atom. The van der Waals surface area contributed by atoms with Gasteiger partial charge in [-0.3, -0.25) is 0 Å². The lowest BCUT2D eigenvalue weighted by atomic mass is 9.68. The first kappa shape index (κ1) is 16.5. The number of ether oxygens (including phenoxy) is 1. The van der Waals surface area contributed by atoms with Gasteiger partial charge in [0.2, 0.25) is 0 Å². The highest BCUT2D eigenvalue weighted by Gasteiger charge is 2.37. The maximum absolute atomic E-state index is 8.82. The van der Waals surface area contributed by atoms with Gasteiger partial charge in [-0.15, -0.1) is 0 Å². The molecule has 0 atom stereocenters. The average Bonchev–Trinajstić information content (AvgIpc) is 2.67. The van der Waals surface area contributed by atoms with E-state index >= 15 is 0 Å². The summed E-state index contributed by atoms with van der Waals surface area (Å²) in [6.07, 6.45) is 2.77. The van der Waals surface area contributed by atoms with Gasteiger partial charge in [-0.2, -0.15) is 5.26 Å². The molecule has 1 aliphatic heterocycles. The number of rotatable bonds is 5. The van der Waals surface area contributed by atoms with Gasteiger partial charge in [-0.1, -0.05) is 42.5 Å². The van der Waals surface area contributed by atoms with Crippen LogP contribution in [0.5, 0.6) is 5.75 Å². The highest BCUT2D eigenvalue weighted by molar-refractivity contribution is 5.42. The summed E-state index contributed by atoms with van der Waals surface area (Å²) in [4.78, 5) is 2.41. The molecular weight excluding hydrogens is 296 g/mol. The molecule has 1 heterocycles. The summed E-state index contributed by atoms with van der Waals surface area (Å²) in [5, 5.41) is 8.82. The summed E-state index contributed by atoms with van der Waals surface area (Å²) in [7, 11) is 1.70. The van der Waals surface area contributed by atoms with Crippen molar-refractivity contribution in [1.82, 2.24) is 4.90 Å². The molecule has 2 aromatic carbocycles. The number of hydrogen-bond donors (Lipinski definition) is 0. The van der Waals surface area contributed by atoms with Crippen LogP contribution in [0.4, 0.5) is 0 Å². The van der Waals surface area contributed by atoms with Crippen LogP contribution < -0.4 is 4.74 Å². The van der Waals surface area contributed by atoms with Gasteiger partial charge in [-0.25, -0.2) is 0 Å². The van der Waals surface area contributed by atoms with Crippen molar-refractivity contribution in [2.45, 2.75) is 24.7 Å². The van der Waals surface area contributed by atoms with E-state index in [0.717, 1.165) is 38.2 Å². The fourth-order valence-electron chi connectivity index (χ4n) is 3.78. The molecule has 2 aromatic rings. The lowest BCUT2D eigenvalue weighted by Crippen LogP contribution is -2.43. The first-order valence-corrected chi connectivity index (χ1v) is 8.58. The Bertz CT molecular complexity index is 680. The molecule has 1 fully saturated rings. The summed E-state index contributed by atoms with van der Waals surface area (Å²) >= 11 is 0. The number of benzene rings is 2. The smallest absolute Gasteiger partial charge is 0.118 e.